The lowest BCUT2D eigenvalue weighted by molar-refractivity contribution is 0.188. The first kappa shape index (κ1) is 21.4. The Kier molecular flexibility index (Phi) is 8.30. The maximum Gasteiger partial charge on any atom is 0.250 e. The van der Waals surface area contributed by atoms with Crippen molar-refractivity contribution in [2.75, 3.05) is 19.6 Å². The Balaban J connectivity index is 0.00000261. The fourth-order valence-corrected chi connectivity index (χ4v) is 3.06. The van der Waals surface area contributed by atoms with Crippen molar-refractivity contribution >= 4 is 29.9 Å². The van der Waals surface area contributed by atoms with Crippen LogP contribution in [-0.4, -0.2) is 46.3 Å². The molecule has 7 heteroatoms. The van der Waals surface area contributed by atoms with Gasteiger partial charge in [-0.15, -0.1) is 24.0 Å². The summed E-state index contributed by atoms with van der Waals surface area (Å²) in [5, 5.41) is 13.0. The molecule has 1 fully saturated rings. The Bertz CT molecular complexity index is 804. The average molecular weight is 482 g/mol. The molecule has 3 rings (SSSR count). The highest BCUT2D eigenvalue weighted by molar-refractivity contribution is 14.0. The van der Waals surface area contributed by atoms with Crippen molar-refractivity contribution < 1.29 is 5.11 Å². The molecule has 0 aliphatic carbocycles. The summed E-state index contributed by atoms with van der Waals surface area (Å²) in [4.78, 5) is 18.6. The monoisotopic (exact) mass is 482 g/mol. The molecule has 0 radical (unpaired) electrons. The van der Waals surface area contributed by atoms with E-state index in [1.54, 1.807) is 22.9 Å². The number of rotatable bonds is 5. The summed E-state index contributed by atoms with van der Waals surface area (Å²) in [6.45, 7) is 5.46. The van der Waals surface area contributed by atoms with Crippen molar-refractivity contribution in [3.05, 3.63) is 70.1 Å². The largest absolute Gasteiger partial charge is 0.391 e. The van der Waals surface area contributed by atoms with Crippen LogP contribution in [0, 0.1) is 0 Å². The number of aliphatic hydroxyl groups is 1. The fraction of sp³-hybridized carbons (Fsp3) is 0.400. The van der Waals surface area contributed by atoms with Gasteiger partial charge in [0, 0.05) is 31.9 Å². The summed E-state index contributed by atoms with van der Waals surface area (Å²) in [6.07, 6.45) is 2.32. The van der Waals surface area contributed by atoms with Gasteiger partial charge in [0.25, 0.3) is 5.56 Å². The second kappa shape index (κ2) is 10.5. The molecule has 0 unspecified atom stereocenters. The predicted molar refractivity (Wildman–Crippen MR) is 119 cm³/mol. The van der Waals surface area contributed by atoms with Gasteiger partial charge < -0.3 is 19.9 Å². The lowest BCUT2D eigenvalue weighted by Crippen LogP contribution is -2.40. The Morgan fingerprint density at radius 1 is 1.22 bits per heavy atom. The van der Waals surface area contributed by atoms with Crippen LogP contribution in [0.3, 0.4) is 0 Å². The van der Waals surface area contributed by atoms with Gasteiger partial charge in [-0.25, -0.2) is 4.99 Å². The molecule has 1 aromatic carbocycles. The van der Waals surface area contributed by atoms with Crippen molar-refractivity contribution in [1.29, 1.82) is 0 Å². The number of guanidine groups is 1. The van der Waals surface area contributed by atoms with Gasteiger partial charge in [0.1, 0.15) is 0 Å². The number of hydrogen-bond donors (Lipinski definition) is 2. The van der Waals surface area contributed by atoms with E-state index in [2.05, 4.69) is 22.3 Å². The van der Waals surface area contributed by atoms with E-state index >= 15 is 0 Å². The van der Waals surface area contributed by atoms with E-state index in [-0.39, 0.29) is 35.6 Å². The van der Waals surface area contributed by atoms with Crippen molar-refractivity contribution in [3.63, 3.8) is 0 Å². The summed E-state index contributed by atoms with van der Waals surface area (Å²) < 4.78 is 1.69. The van der Waals surface area contributed by atoms with Gasteiger partial charge in [-0.2, -0.15) is 0 Å². The Morgan fingerprint density at radius 3 is 2.59 bits per heavy atom. The van der Waals surface area contributed by atoms with E-state index in [9.17, 15) is 9.90 Å². The number of aromatic nitrogens is 1. The van der Waals surface area contributed by atoms with E-state index in [4.69, 9.17) is 4.99 Å². The minimum absolute atomic E-state index is 0. The Labute approximate surface area is 177 Å². The lowest BCUT2D eigenvalue weighted by atomic mass is 10.1. The van der Waals surface area contributed by atoms with Crippen LogP contribution in [0.15, 0.2) is 58.4 Å². The maximum atomic E-state index is 11.8. The van der Waals surface area contributed by atoms with Crippen molar-refractivity contribution in [2.24, 2.45) is 4.99 Å². The van der Waals surface area contributed by atoms with Crippen LogP contribution >= 0.6 is 24.0 Å². The second-order valence-electron chi connectivity index (χ2n) is 6.54. The van der Waals surface area contributed by atoms with Crippen LogP contribution in [0.1, 0.15) is 24.5 Å². The van der Waals surface area contributed by atoms with Gasteiger partial charge in [0.15, 0.2) is 5.96 Å². The van der Waals surface area contributed by atoms with E-state index in [0.717, 1.165) is 36.6 Å². The number of halogens is 1. The molecule has 2 N–H and O–H groups in total. The molecule has 1 aromatic heterocycles. The van der Waals surface area contributed by atoms with Gasteiger partial charge in [-0.3, -0.25) is 4.79 Å². The molecule has 0 spiro atoms. The predicted octanol–water partition coefficient (Wildman–Crippen LogP) is 2.05. The molecule has 1 atom stereocenters. The number of pyridine rings is 1. The molecule has 0 saturated carbocycles. The van der Waals surface area contributed by atoms with E-state index < -0.39 is 0 Å². The molecule has 0 bridgehead atoms. The van der Waals surface area contributed by atoms with Gasteiger partial charge in [-0.05, 0) is 30.5 Å². The third-order valence-corrected chi connectivity index (χ3v) is 4.48. The van der Waals surface area contributed by atoms with Gasteiger partial charge in [-0.1, -0.05) is 30.3 Å². The van der Waals surface area contributed by atoms with Crippen LogP contribution < -0.4 is 10.9 Å². The van der Waals surface area contributed by atoms with E-state index in [1.165, 1.54) is 0 Å². The maximum absolute atomic E-state index is 11.8. The highest BCUT2D eigenvalue weighted by Crippen LogP contribution is 2.11. The molecular formula is C20H27IN4O2. The van der Waals surface area contributed by atoms with Gasteiger partial charge >= 0.3 is 0 Å². The zero-order valence-corrected chi connectivity index (χ0v) is 17.9. The quantitative estimate of drug-likeness (QED) is 0.389. The van der Waals surface area contributed by atoms with Crippen molar-refractivity contribution in [2.45, 2.75) is 32.5 Å². The number of nitrogens with zero attached hydrogens (tertiary/aromatic N) is 3. The first-order valence-corrected chi connectivity index (χ1v) is 9.10. The van der Waals surface area contributed by atoms with Crippen LogP contribution in [0.25, 0.3) is 0 Å². The Morgan fingerprint density at radius 2 is 1.96 bits per heavy atom. The number of likely N-dealkylation sites (tertiary alicyclic amines) is 1. The normalized spacial score (nSPS) is 16.9. The Hall–Kier alpha value is -1.87. The summed E-state index contributed by atoms with van der Waals surface area (Å²) in [5.74, 6) is 0.851. The zero-order chi connectivity index (χ0) is 18.4. The molecule has 2 heterocycles. The molecule has 1 aliphatic rings. The van der Waals surface area contributed by atoms with Crippen LogP contribution in [0.4, 0.5) is 0 Å². The SMILES string of the molecule is CCNC(=NCc1ccc(Cn2ccccc2=O)cc1)N1CC[C@@H](O)C1.I. The van der Waals surface area contributed by atoms with Crippen LogP contribution in [0.5, 0.6) is 0 Å². The zero-order valence-electron chi connectivity index (χ0n) is 15.5. The third-order valence-electron chi connectivity index (χ3n) is 4.48. The summed E-state index contributed by atoms with van der Waals surface area (Å²) in [7, 11) is 0. The summed E-state index contributed by atoms with van der Waals surface area (Å²) >= 11 is 0. The van der Waals surface area contributed by atoms with Crippen molar-refractivity contribution in [1.82, 2.24) is 14.8 Å². The number of aliphatic hydroxyl groups excluding tert-OH is 1. The molecule has 0 amide bonds. The standard InChI is InChI=1S/C20H26N4O2.HI/c1-2-21-20(24-12-10-18(25)15-24)22-13-16-6-8-17(9-7-16)14-23-11-4-3-5-19(23)26;/h3-9,11,18,25H,2,10,12-15H2,1H3,(H,21,22);1H/t18-;/m1./s1. The molecule has 146 valence electrons. The number of nitrogens with one attached hydrogen (secondary N) is 1. The summed E-state index contributed by atoms with van der Waals surface area (Å²) in [5.41, 5.74) is 2.20. The molecule has 1 saturated heterocycles. The average Bonchev–Trinajstić information content (AvgIpc) is 3.08. The fourth-order valence-electron chi connectivity index (χ4n) is 3.06. The van der Waals surface area contributed by atoms with E-state index in [0.29, 0.717) is 19.6 Å². The molecule has 2 aromatic rings. The minimum Gasteiger partial charge on any atom is -0.391 e. The highest BCUT2D eigenvalue weighted by Gasteiger charge is 2.22. The van der Waals surface area contributed by atoms with Gasteiger partial charge in [0.2, 0.25) is 0 Å². The smallest absolute Gasteiger partial charge is 0.250 e. The third kappa shape index (κ3) is 6.07. The molecule has 6 nitrogen and oxygen atoms in total. The number of β-amino-alcohol motifs (C(OH)–C–C–N with tert-alkyl or cyclic N) is 1. The highest BCUT2D eigenvalue weighted by atomic mass is 127. The van der Waals surface area contributed by atoms with Crippen LogP contribution in [-0.2, 0) is 13.1 Å². The van der Waals surface area contributed by atoms with Crippen molar-refractivity contribution in [3.8, 4) is 0 Å². The topological polar surface area (TPSA) is 69.9 Å². The first-order chi connectivity index (χ1) is 12.7. The lowest BCUT2D eigenvalue weighted by Gasteiger charge is -2.20. The van der Waals surface area contributed by atoms with E-state index in [1.807, 2.05) is 25.1 Å². The minimum atomic E-state index is -0.264. The van der Waals surface area contributed by atoms with Gasteiger partial charge in [0.05, 0.1) is 19.2 Å². The number of aliphatic imine (C=N–C) groups is 1. The number of benzene rings is 1. The molecular weight excluding hydrogens is 455 g/mol. The first-order valence-electron chi connectivity index (χ1n) is 9.10. The molecule has 27 heavy (non-hydrogen) atoms. The summed E-state index contributed by atoms with van der Waals surface area (Å²) in [6, 6.07) is 13.4. The van der Waals surface area contributed by atoms with Crippen LogP contribution in [0.2, 0.25) is 0 Å². The number of hydrogen-bond acceptors (Lipinski definition) is 3. The second-order valence-corrected chi connectivity index (χ2v) is 6.54. The molecule has 1 aliphatic heterocycles.